The normalized spacial score (nSPS) is 11.7. The fourth-order valence-corrected chi connectivity index (χ4v) is 4.27. The Morgan fingerprint density at radius 1 is 1.00 bits per heavy atom. The van der Waals surface area contributed by atoms with E-state index in [1.807, 2.05) is 79.1 Å². The monoisotopic (exact) mass is 473 g/mol. The number of benzene rings is 2. The lowest BCUT2D eigenvalue weighted by Crippen LogP contribution is -2.22. The highest BCUT2D eigenvalue weighted by Gasteiger charge is 2.22. The van der Waals surface area contributed by atoms with Crippen LogP contribution in [0.4, 0.5) is 5.69 Å². The first-order chi connectivity index (χ1) is 16.6. The van der Waals surface area contributed by atoms with Crippen molar-refractivity contribution in [1.29, 1.82) is 0 Å². The summed E-state index contributed by atoms with van der Waals surface area (Å²) >= 11 is 1.36. The van der Waals surface area contributed by atoms with Gasteiger partial charge in [-0.2, -0.15) is 0 Å². The van der Waals surface area contributed by atoms with Gasteiger partial charge in [0.05, 0.1) is 11.9 Å². The Kier molecular flexibility index (Phi) is 7.59. The fourth-order valence-electron chi connectivity index (χ4n) is 3.40. The molecule has 34 heavy (non-hydrogen) atoms. The van der Waals surface area contributed by atoms with Crippen LogP contribution in [-0.4, -0.2) is 37.5 Å². The number of anilines is 1. The van der Waals surface area contributed by atoms with Crippen molar-refractivity contribution in [3.63, 3.8) is 0 Å². The number of carbonyl (C=O) groups is 1. The Bertz CT molecular complexity index is 1220. The van der Waals surface area contributed by atoms with Gasteiger partial charge in [0.25, 0.3) is 0 Å². The first kappa shape index (κ1) is 23.5. The van der Waals surface area contributed by atoms with Crippen LogP contribution in [0.3, 0.4) is 0 Å². The minimum Gasteiger partial charge on any atom is -0.494 e. The summed E-state index contributed by atoms with van der Waals surface area (Å²) in [5.74, 6) is 1.37. The highest BCUT2D eigenvalue weighted by molar-refractivity contribution is 8.00. The average molecular weight is 474 g/mol. The van der Waals surface area contributed by atoms with E-state index in [9.17, 15) is 4.79 Å². The summed E-state index contributed by atoms with van der Waals surface area (Å²) < 4.78 is 7.54. The van der Waals surface area contributed by atoms with Crippen molar-refractivity contribution in [2.24, 2.45) is 0 Å². The first-order valence-corrected chi connectivity index (χ1v) is 12.1. The summed E-state index contributed by atoms with van der Waals surface area (Å²) in [6, 6.07) is 19.4. The second kappa shape index (κ2) is 11.0. The minimum atomic E-state index is -0.387. The van der Waals surface area contributed by atoms with Crippen LogP contribution in [0.25, 0.3) is 17.1 Å². The fraction of sp³-hybridized carbons (Fsp3) is 0.231. The molecule has 174 valence electrons. The van der Waals surface area contributed by atoms with E-state index in [-0.39, 0.29) is 11.2 Å². The maximum absolute atomic E-state index is 12.9. The molecular formula is C26H27N5O2S. The number of nitrogens with zero attached hydrogens (tertiary/aromatic N) is 4. The van der Waals surface area contributed by atoms with Crippen LogP contribution in [0, 0.1) is 0 Å². The van der Waals surface area contributed by atoms with Crippen molar-refractivity contribution in [1.82, 2.24) is 19.7 Å². The zero-order valence-corrected chi connectivity index (χ0v) is 20.2. The van der Waals surface area contributed by atoms with Gasteiger partial charge in [0, 0.05) is 29.3 Å². The molecule has 0 aliphatic rings. The number of aryl methyl sites for hydroxylation is 1. The molecule has 1 atom stereocenters. The van der Waals surface area contributed by atoms with Gasteiger partial charge in [-0.1, -0.05) is 30.8 Å². The Balaban J connectivity index is 1.60. The summed E-state index contributed by atoms with van der Waals surface area (Å²) in [6.45, 7) is 6.52. The van der Waals surface area contributed by atoms with Crippen molar-refractivity contribution >= 4 is 23.4 Å². The number of hydrogen-bond acceptors (Lipinski definition) is 6. The maximum Gasteiger partial charge on any atom is 0.237 e. The van der Waals surface area contributed by atoms with Gasteiger partial charge in [-0.25, -0.2) is 0 Å². The number of thioether (sulfide) groups is 1. The zero-order chi connectivity index (χ0) is 23.9. The van der Waals surface area contributed by atoms with Crippen LogP contribution in [0.1, 0.15) is 26.3 Å². The second-order valence-corrected chi connectivity index (χ2v) is 8.91. The highest BCUT2D eigenvalue weighted by atomic mass is 32.2. The maximum atomic E-state index is 12.9. The van der Waals surface area contributed by atoms with Crippen LogP contribution < -0.4 is 10.1 Å². The van der Waals surface area contributed by atoms with Gasteiger partial charge in [-0.15, -0.1) is 10.2 Å². The number of nitrogens with one attached hydrogen (secondary N) is 1. The third kappa shape index (κ3) is 5.46. The van der Waals surface area contributed by atoms with E-state index in [0.29, 0.717) is 17.6 Å². The number of ether oxygens (including phenoxy) is 1. The van der Waals surface area contributed by atoms with E-state index >= 15 is 0 Å². The number of rotatable bonds is 9. The molecule has 8 heteroatoms. The van der Waals surface area contributed by atoms with Gasteiger partial charge in [0.2, 0.25) is 5.91 Å². The van der Waals surface area contributed by atoms with Crippen LogP contribution in [-0.2, 0) is 11.2 Å². The molecule has 2 aromatic heterocycles. The Hall–Kier alpha value is -3.65. The third-order valence-electron chi connectivity index (χ3n) is 5.26. The van der Waals surface area contributed by atoms with E-state index in [2.05, 4.69) is 27.4 Å². The molecule has 4 rings (SSSR count). The quantitative estimate of drug-likeness (QED) is 0.327. The summed E-state index contributed by atoms with van der Waals surface area (Å²) in [5.41, 5.74) is 3.77. The molecule has 7 nitrogen and oxygen atoms in total. The molecule has 2 aromatic carbocycles. The predicted molar refractivity (Wildman–Crippen MR) is 136 cm³/mol. The summed E-state index contributed by atoms with van der Waals surface area (Å²) in [4.78, 5) is 17.0. The van der Waals surface area contributed by atoms with Crippen LogP contribution >= 0.6 is 11.8 Å². The molecular weight excluding hydrogens is 446 g/mol. The number of hydrogen-bond donors (Lipinski definition) is 1. The number of amides is 1. The summed E-state index contributed by atoms with van der Waals surface area (Å²) in [5, 5.41) is 12.1. The van der Waals surface area contributed by atoms with E-state index in [1.165, 1.54) is 17.3 Å². The van der Waals surface area contributed by atoms with Gasteiger partial charge >= 0.3 is 0 Å². The molecule has 0 saturated heterocycles. The second-order valence-electron chi connectivity index (χ2n) is 7.60. The van der Waals surface area contributed by atoms with Crippen molar-refractivity contribution in [2.45, 2.75) is 37.6 Å². The van der Waals surface area contributed by atoms with Gasteiger partial charge in [0.1, 0.15) is 5.75 Å². The lowest BCUT2D eigenvalue weighted by molar-refractivity contribution is -0.115. The van der Waals surface area contributed by atoms with Gasteiger partial charge in [-0.05, 0) is 74.4 Å². The SMILES string of the molecule is CCOc1ccc(-n2c(SC(C)C(=O)Nc3ccc(CC)cc3)nnc2-c2ccncc2)cc1. The van der Waals surface area contributed by atoms with E-state index in [4.69, 9.17) is 4.74 Å². The van der Waals surface area contributed by atoms with Crippen LogP contribution in [0.5, 0.6) is 5.75 Å². The van der Waals surface area contributed by atoms with Crippen molar-refractivity contribution in [3.8, 4) is 22.8 Å². The molecule has 1 N–H and O–H groups in total. The molecule has 0 saturated carbocycles. The molecule has 4 aromatic rings. The minimum absolute atomic E-state index is 0.0963. The molecule has 0 bridgehead atoms. The van der Waals surface area contributed by atoms with Crippen molar-refractivity contribution in [3.05, 3.63) is 78.6 Å². The zero-order valence-electron chi connectivity index (χ0n) is 19.4. The summed E-state index contributed by atoms with van der Waals surface area (Å²) in [6.07, 6.45) is 4.40. The number of carbonyl (C=O) groups excluding carboxylic acids is 1. The molecule has 2 heterocycles. The molecule has 0 radical (unpaired) electrons. The van der Waals surface area contributed by atoms with Gasteiger partial charge in [-0.3, -0.25) is 14.3 Å². The van der Waals surface area contributed by atoms with Crippen LogP contribution in [0.15, 0.2) is 78.2 Å². The summed E-state index contributed by atoms with van der Waals surface area (Å²) in [7, 11) is 0. The Labute approximate surface area is 203 Å². The molecule has 1 unspecified atom stereocenters. The smallest absolute Gasteiger partial charge is 0.237 e. The number of pyridine rings is 1. The molecule has 0 aliphatic carbocycles. The van der Waals surface area contributed by atoms with E-state index < -0.39 is 0 Å². The van der Waals surface area contributed by atoms with Gasteiger partial charge in [0.15, 0.2) is 11.0 Å². The highest BCUT2D eigenvalue weighted by Crippen LogP contribution is 2.31. The molecule has 0 fully saturated rings. The van der Waals surface area contributed by atoms with Crippen LogP contribution in [0.2, 0.25) is 0 Å². The first-order valence-electron chi connectivity index (χ1n) is 11.2. The molecule has 1 amide bonds. The Morgan fingerprint density at radius 3 is 2.35 bits per heavy atom. The topological polar surface area (TPSA) is 81.9 Å². The number of aromatic nitrogens is 4. The van der Waals surface area contributed by atoms with E-state index in [0.717, 1.165) is 29.1 Å². The Morgan fingerprint density at radius 2 is 1.71 bits per heavy atom. The molecule has 0 aliphatic heterocycles. The standard InChI is InChI=1S/C26H27N5O2S/c1-4-19-6-8-21(9-7-19)28-25(32)18(3)34-26-30-29-24(20-14-16-27-17-15-20)31(26)22-10-12-23(13-11-22)33-5-2/h6-18H,4-5H2,1-3H3,(H,28,32). The lowest BCUT2D eigenvalue weighted by Gasteiger charge is -2.14. The average Bonchev–Trinajstić information content (AvgIpc) is 3.29. The third-order valence-corrected chi connectivity index (χ3v) is 6.30. The molecule has 0 spiro atoms. The lowest BCUT2D eigenvalue weighted by atomic mass is 10.1. The largest absolute Gasteiger partial charge is 0.494 e. The van der Waals surface area contributed by atoms with Gasteiger partial charge < -0.3 is 10.1 Å². The predicted octanol–water partition coefficient (Wildman–Crippen LogP) is 5.41. The van der Waals surface area contributed by atoms with Crippen molar-refractivity contribution < 1.29 is 9.53 Å². The van der Waals surface area contributed by atoms with E-state index in [1.54, 1.807) is 12.4 Å². The van der Waals surface area contributed by atoms with Crippen molar-refractivity contribution in [2.75, 3.05) is 11.9 Å².